The Hall–Kier alpha value is -5.18. The van der Waals surface area contributed by atoms with E-state index in [4.69, 9.17) is 0 Å². The van der Waals surface area contributed by atoms with Gasteiger partial charge in [0.1, 0.15) is 24.2 Å². The number of carbonyl (C=O) groups is 8. The van der Waals surface area contributed by atoms with E-state index >= 15 is 0 Å². The van der Waals surface area contributed by atoms with E-state index in [1.807, 2.05) is 76.2 Å². The summed E-state index contributed by atoms with van der Waals surface area (Å²) in [6.07, 6.45) is 7.07. The normalized spacial score (nSPS) is 31.8. The zero-order valence-corrected chi connectivity index (χ0v) is 48.2. The Morgan fingerprint density at radius 1 is 0.513 bits per heavy atom. The third kappa shape index (κ3) is 11.8. The fourth-order valence-corrected chi connectivity index (χ4v) is 16.6. The predicted octanol–water partition coefficient (Wildman–Crippen LogP) is 3.74. The largest absolute Gasteiger partial charge is 0.353 e. The third-order valence-corrected chi connectivity index (χ3v) is 20.6. The maximum Gasteiger partial charge on any atom is 0.246 e. The lowest BCUT2D eigenvalue weighted by Gasteiger charge is -2.39. The summed E-state index contributed by atoms with van der Waals surface area (Å²) in [4.78, 5) is 117. The molecule has 0 bridgehead atoms. The molecule has 0 radical (unpaired) electrons. The predicted molar refractivity (Wildman–Crippen MR) is 301 cm³/mol. The van der Waals surface area contributed by atoms with E-state index in [0.717, 1.165) is 22.3 Å². The van der Waals surface area contributed by atoms with Crippen molar-refractivity contribution in [1.82, 2.24) is 52.3 Å². The van der Waals surface area contributed by atoms with Crippen molar-refractivity contribution in [3.8, 4) is 0 Å². The Morgan fingerprint density at radius 2 is 0.885 bits per heavy atom. The van der Waals surface area contributed by atoms with Crippen molar-refractivity contribution in [1.29, 1.82) is 0 Å². The van der Waals surface area contributed by atoms with E-state index < -0.39 is 71.0 Å². The molecule has 9 rings (SSSR count). The molecular formula is C58H82N10O8S2. The molecule has 3 aliphatic carbocycles. The number of amides is 8. The van der Waals surface area contributed by atoms with Gasteiger partial charge in [-0.25, -0.2) is 0 Å². The molecule has 78 heavy (non-hydrogen) atoms. The second-order valence-electron chi connectivity index (χ2n) is 24.3. The lowest BCUT2D eigenvalue weighted by Crippen LogP contribution is -2.59. The number of likely N-dealkylation sites (N-methyl/N-ethyl adjacent to an activating group) is 2. The molecule has 8 amide bonds. The van der Waals surface area contributed by atoms with Crippen LogP contribution in [0.4, 0.5) is 0 Å². The molecule has 4 heterocycles. The van der Waals surface area contributed by atoms with Crippen LogP contribution in [-0.2, 0) is 51.2 Å². The number of carbonyl (C=O) groups excluding carboxylic acids is 8. The van der Waals surface area contributed by atoms with Gasteiger partial charge in [0.05, 0.1) is 46.8 Å². The first kappa shape index (κ1) is 57.5. The number of aryl methyl sites for hydroxylation is 2. The maximum atomic E-state index is 14.9. The second-order valence-corrected chi connectivity index (χ2v) is 26.9. The van der Waals surface area contributed by atoms with Crippen molar-refractivity contribution < 1.29 is 38.4 Å². The molecule has 1 saturated carbocycles. The fraction of sp³-hybridized carbons (Fsp3) is 0.655. The van der Waals surface area contributed by atoms with Crippen molar-refractivity contribution in [3.05, 3.63) is 70.8 Å². The van der Waals surface area contributed by atoms with Crippen LogP contribution in [0.1, 0.15) is 140 Å². The topological polar surface area (TPSA) is 239 Å². The van der Waals surface area contributed by atoms with Crippen LogP contribution in [0.15, 0.2) is 48.5 Å². The lowest BCUT2D eigenvalue weighted by atomic mass is 9.77. The smallest absolute Gasteiger partial charge is 0.246 e. The standard InChI is InChI=1S/C58H82N10O8S2/c1-31(59-7)49(69)63-41-25-27-77-43-29-57(3,4)47(67(43)55(41)75)53(73)65-45-37-15-11-9-13-33(37)17-23-39(45)51(71)61-35-19-21-36(22-20-35)62-52(72)40-24-18-34-14-10-12-16-38(34)46(40)66-54(74)48-58(5,6)30-44-68(48)56(76)42(26-28-78-44)64-50(70)32(2)60-8/h9-16,31-32,35-36,39-48,59-60H,17-30H2,1-8H3,(H,61,71)(H,62,72)(H,63,69)(H,64,70)(H,65,73)(H,66,74)/t31-,32-,35-,36-,39+,40+,41-,42-,43-,44-,45-,46?,47+,48+/m0/s1. The zero-order chi connectivity index (χ0) is 55.8. The van der Waals surface area contributed by atoms with E-state index in [0.29, 0.717) is 88.6 Å². The molecule has 2 aromatic rings. The molecule has 12 atom stereocenters. The Kier molecular flexibility index (Phi) is 17.6. The van der Waals surface area contributed by atoms with E-state index in [2.05, 4.69) is 42.5 Å². The van der Waals surface area contributed by atoms with Crippen molar-refractivity contribution in [2.24, 2.45) is 22.7 Å². The molecule has 8 N–H and O–H groups in total. The first-order chi connectivity index (χ1) is 37.2. The van der Waals surface area contributed by atoms with Crippen LogP contribution < -0.4 is 42.5 Å². The summed E-state index contributed by atoms with van der Waals surface area (Å²) in [7, 11) is 3.38. The van der Waals surface area contributed by atoms with E-state index in [9.17, 15) is 38.4 Å². The van der Waals surface area contributed by atoms with Gasteiger partial charge in [0.25, 0.3) is 0 Å². The lowest BCUT2D eigenvalue weighted by molar-refractivity contribution is -0.144. The van der Waals surface area contributed by atoms with Gasteiger partial charge in [-0.3, -0.25) is 38.4 Å². The second kappa shape index (κ2) is 23.9. The molecule has 0 aromatic heterocycles. The van der Waals surface area contributed by atoms with Crippen LogP contribution in [0, 0.1) is 22.7 Å². The first-order valence-electron chi connectivity index (χ1n) is 28.4. The molecule has 4 saturated heterocycles. The molecule has 4 aliphatic heterocycles. The summed E-state index contributed by atoms with van der Waals surface area (Å²) in [5.41, 5.74) is 2.74. The highest BCUT2D eigenvalue weighted by Crippen LogP contribution is 2.49. The summed E-state index contributed by atoms with van der Waals surface area (Å²) >= 11 is 3.28. The van der Waals surface area contributed by atoms with Gasteiger partial charge in [-0.15, -0.1) is 23.5 Å². The number of hydrogen-bond donors (Lipinski definition) is 8. The Morgan fingerprint density at radius 3 is 1.26 bits per heavy atom. The Balaban J connectivity index is 0.846. The van der Waals surface area contributed by atoms with Crippen molar-refractivity contribution in [2.45, 2.75) is 190 Å². The Labute approximate surface area is 468 Å². The molecule has 0 spiro atoms. The van der Waals surface area contributed by atoms with Crippen LogP contribution in [0.2, 0.25) is 0 Å². The Bertz CT molecular complexity index is 2450. The minimum atomic E-state index is -0.821. The maximum absolute atomic E-state index is 14.9. The summed E-state index contributed by atoms with van der Waals surface area (Å²) in [6.45, 7) is 11.5. The average molecular weight is 1110 g/mol. The van der Waals surface area contributed by atoms with E-state index in [1.165, 1.54) is 0 Å². The molecule has 18 nitrogen and oxygen atoms in total. The van der Waals surface area contributed by atoms with Crippen LogP contribution in [0.5, 0.6) is 0 Å². The summed E-state index contributed by atoms with van der Waals surface area (Å²) in [5.74, 6) is -1.83. The summed E-state index contributed by atoms with van der Waals surface area (Å²) < 4.78 is 0. The number of hydrogen-bond acceptors (Lipinski definition) is 12. The van der Waals surface area contributed by atoms with Gasteiger partial charge in [0.2, 0.25) is 47.3 Å². The molecule has 1 unspecified atom stereocenters. The van der Waals surface area contributed by atoms with Gasteiger partial charge in [-0.2, -0.15) is 0 Å². The quantitative estimate of drug-likeness (QED) is 0.135. The van der Waals surface area contributed by atoms with Crippen molar-refractivity contribution in [3.63, 3.8) is 0 Å². The van der Waals surface area contributed by atoms with Crippen LogP contribution in [-0.4, -0.2) is 142 Å². The van der Waals surface area contributed by atoms with Gasteiger partial charge in [-0.05, 0) is 150 Å². The zero-order valence-electron chi connectivity index (χ0n) is 46.6. The molecule has 20 heteroatoms. The SMILES string of the molecule is CN[C@@H](C)C(=O)N[C@H]1CCS[C@H]2CC(C)(C)[C@@H](C(=O)NC3c4ccccc4CC[C@H]3C(=O)N[C@H]3CC[C@H](NC(=O)[C@@H]4CCc5ccccc5[C@@H]4NC(=O)[C@H]4N5C(=O)[C@@H](NC(=O)[C@H](C)NC)CCS[C@H]5CC4(C)C)CC3)N2C1=O. The number of nitrogens with zero attached hydrogens (tertiary/aromatic N) is 2. The van der Waals surface area contributed by atoms with Gasteiger partial charge >= 0.3 is 0 Å². The highest BCUT2D eigenvalue weighted by Gasteiger charge is 2.57. The summed E-state index contributed by atoms with van der Waals surface area (Å²) in [5, 5.41) is 24.6. The summed E-state index contributed by atoms with van der Waals surface area (Å²) in [6, 6.07) is 10.1. The fourth-order valence-electron chi connectivity index (χ4n) is 13.5. The van der Waals surface area contributed by atoms with Gasteiger partial charge in [-0.1, -0.05) is 76.2 Å². The van der Waals surface area contributed by atoms with Gasteiger partial charge < -0.3 is 52.3 Å². The van der Waals surface area contributed by atoms with E-state index in [-0.39, 0.29) is 70.1 Å². The van der Waals surface area contributed by atoms with Gasteiger partial charge in [0.15, 0.2) is 0 Å². The minimum Gasteiger partial charge on any atom is -0.353 e. The molecule has 7 aliphatic rings. The first-order valence-corrected chi connectivity index (χ1v) is 30.5. The number of fused-ring (bicyclic) bond motifs is 4. The average Bonchev–Trinajstić information content (AvgIpc) is 3.84. The molecule has 5 fully saturated rings. The highest BCUT2D eigenvalue weighted by molar-refractivity contribution is 8.00. The number of thioether (sulfide) groups is 2. The van der Waals surface area contributed by atoms with Gasteiger partial charge in [0, 0.05) is 12.1 Å². The highest BCUT2D eigenvalue weighted by atomic mass is 32.2. The number of rotatable bonds is 14. The van der Waals surface area contributed by atoms with Crippen molar-refractivity contribution in [2.75, 3.05) is 25.6 Å². The monoisotopic (exact) mass is 1110 g/mol. The number of benzene rings is 2. The third-order valence-electron chi connectivity index (χ3n) is 18.1. The number of nitrogens with one attached hydrogen (secondary N) is 8. The van der Waals surface area contributed by atoms with Crippen molar-refractivity contribution >= 4 is 70.8 Å². The van der Waals surface area contributed by atoms with Crippen LogP contribution in [0.3, 0.4) is 0 Å². The molecule has 2 aromatic carbocycles. The van der Waals surface area contributed by atoms with Crippen LogP contribution >= 0.6 is 23.5 Å². The molecular weight excluding hydrogens is 1030 g/mol. The minimum absolute atomic E-state index is 0.144. The molecule has 424 valence electrons. The van der Waals surface area contributed by atoms with E-state index in [1.54, 1.807) is 61.3 Å². The van der Waals surface area contributed by atoms with Crippen LogP contribution in [0.25, 0.3) is 0 Å².